The van der Waals surface area contributed by atoms with Gasteiger partial charge in [0.15, 0.2) is 12.0 Å². The van der Waals surface area contributed by atoms with Crippen molar-refractivity contribution >= 4 is 22.7 Å². The largest absolute Gasteiger partial charge is 0.443 e. The number of fused-ring (bicyclic) bond motifs is 1. The minimum absolute atomic E-state index is 0.0695. The summed E-state index contributed by atoms with van der Waals surface area (Å²) in [5.74, 6) is -0.0695. The van der Waals surface area contributed by atoms with Crippen LogP contribution < -0.4 is 4.90 Å². The Kier molecular flexibility index (Phi) is 4.01. The zero-order valence-electron chi connectivity index (χ0n) is 13.5. The van der Waals surface area contributed by atoms with Gasteiger partial charge in [-0.3, -0.25) is 4.79 Å². The Morgan fingerprint density at radius 3 is 2.40 bits per heavy atom. The predicted molar refractivity (Wildman–Crippen MR) is 97.4 cm³/mol. The highest BCUT2D eigenvalue weighted by atomic mass is 16.3. The minimum atomic E-state index is -0.0695. The molecule has 3 aromatic carbocycles. The third-order valence-electron chi connectivity index (χ3n) is 4.07. The summed E-state index contributed by atoms with van der Waals surface area (Å²) in [6.07, 6.45) is 1.39. The topological polar surface area (TPSA) is 46.3 Å². The standard InChI is InChI=1S/C21H16N2O2/c24-21(17-11-12-20-19(13-17)22-15-25-20)23(18-9-5-2-6-10-18)14-16-7-3-1-4-8-16/h1-13,15H,14H2. The van der Waals surface area contributed by atoms with Crippen LogP contribution in [0.2, 0.25) is 0 Å². The molecule has 0 spiro atoms. The summed E-state index contributed by atoms with van der Waals surface area (Å²) in [4.78, 5) is 19.1. The van der Waals surface area contributed by atoms with Crippen molar-refractivity contribution in [1.29, 1.82) is 0 Å². The Bertz CT molecular complexity index is 994. The lowest BCUT2D eigenvalue weighted by atomic mass is 10.1. The van der Waals surface area contributed by atoms with E-state index in [1.54, 1.807) is 23.1 Å². The lowest BCUT2D eigenvalue weighted by molar-refractivity contribution is 0.0985. The van der Waals surface area contributed by atoms with Crippen LogP contribution in [0.15, 0.2) is 89.7 Å². The maximum atomic E-state index is 13.2. The number of nitrogens with zero attached hydrogens (tertiary/aromatic N) is 2. The van der Waals surface area contributed by atoms with Crippen LogP contribution in [0.4, 0.5) is 5.69 Å². The van der Waals surface area contributed by atoms with Gasteiger partial charge in [-0.05, 0) is 35.9 Å². The second-order valence-electron chi connectivity index (χ2n) is 5.75. The van der Waals surface area contributed by atoms with Gasteiger partial charge in [-0.1, -0.05) is 48.5 Å². The normalized spacial score (nSPS) is 10.7. The van der Waals surface area contributed by atoms with Crippen LogP contribution in [0.5, 0.6) is 0 Å². The highest BCUT2D eigenvalue weighted by Gasteiger charge is 2.19. The first kappa shape index (κ1) is 15.1. The second kappa shape index (κ2) is 6.61. The number of anilines is 1. The summed E-state index contributed by atoms with van der Waals surface area (Å²) in [5.41, 5.74) is 3.87. The maximum Gasteiger partial charge on any atom is 0.258 e. The van der Waals surface area contributed by atoms with Gasteiger partial charge in [-0.2, -0.15) is 0 Å². The van der Waals surface area contributed by atoms with Crippen molar-refractivity contribution in [2.45, 2.75) is 6.54 Å². The molecule has 4 rings (SSSR count). The Balaban J connectivity index is 1.72. The van der Waals surface area contributed by atoms with Crippen LogP contribution in [-0.2, 0) is 6.54 Å². The fraction of sp³-hybridized carbons (Fsp3) is 0.0476. The lowest BCUT2D eigenvalue weighted by Crippen LogP contribution is -2.30. The Morgan fingerprint density at radius 2 is 1.64 bits per heavy atom. The number of benzene rings is 3. The van der Waals surface area contributed by atoms with Gasteiger partial charge >= 0.3 is 0 Å². The molecule has 0 saturated heterocycles. The Labute approximate surface area is 145 Å². The van der Waals surface area contributed by atoms with Gasteiger partial charge in [0.05, 0.1) is 6.54 Å². The molecule has 4 nitrogen and oxygen atoms in total. The fourth-order valence-electron chi connectivity index (χ4n) is 2.80. The molecule has 0 atom stereocenters. The van der Waals surface area contributed by atoms with Gasteiger partial charge in [-0.25, -0.2) is 4.98 Å². The first-order valence-corrected chi connectivity index (χ1v) is 8.05. The summed E-state index contributed by atoms with van der Waals surface area (Å²) >= 11 is 0. The van der Waals surface area contributed by atoms with Crippen molar-refractivity contribution in [2.75, 3.05) is 4.90 Å². The number of para-hydroxylation sites is 1. The number of aromatic nitrogens is 1. The fourth-order valence-corrected chi connectivity index (χ4v) is 2.80. The van der Waals surface area contributed by atoms with Crippen LogP contribution in [0.3, 0.4) is 0 Å². The lowest BCUT2D eigenvalue weighted by Gasteiger charge is -2.23. The van der Waals surface area contributed by atoms with Crippen molar-refractivity contribution in [2.24, 2.45) is 0 Å². The minimum Gasteiger partial charge on any atom is -0.443 e. The summed E-state index contributed by atoms with van der Waals surface area (Å²) in [5, 5.41) is 0. The number of amides is 1. The van der Waals surface area contributed by atoms with E-state index in [-0.39, 0.29) is 5.91 Å². The zero-order chi connectivity index (χ0) is 17.1. The number of carbonyl (C=O) groups excluding carboxylic acids is 1. The average molecular weight is 328 g/mol. The molecule has 25 heavy (non-hydrogen) atoms. The first-order chi connectivity index (χ1) is 12.3. The molecule has 0 fully saturated rings. The van der Waals surface area contributed by atoms with Gasteiger partial charge in [0.1, 0.15) is 5.52 Å². The van der Waals surface area contributed by atoms with E-state index in [1.807, 2.05) is 60.7 Å². The molecule has 0 radical (unpaired) electrons. The van der Waals surface area contributed by atoms with Gasteiger partial charge < -0.3 is 9.32 Å². The van der Waals surface area contributed by atoms with E-state index in [4.69, 9.17) is 4.42 Å². The average Bonchev–Trinajstić information content (AvgIpc) is 3.15. The first-order valence-electron chi connectivity index (χ1n) is 8.05. The number of carbonyl (C=O) groups is 1. The number of rotatable bonds is 4. The molecule has 4 heteroatoms. The quantitative estimate of drug-likeness (QED) is 0.547. The zero-order valence-corrected chi connectivity index (χ0v) is 13.5. The molecule has 4 aromatic rings. The van der Waals surface area contributed by atoms with E-state index in [0.29, 0.717) is 23.2 Å². The number of oxazole rings is 1. The van der Waals surface area contributed by atoms with Gasteiger partial charge in [0, 0.05) is 11.3 Å². The smallest absolute Gasteiger partial charge is 0.258 e. The third-order valence-corrected chi connectivity index (χ3v) is 4.07. The summed E-state index contributed by atoms with van der Waals surface area (Å²) in [7, 11) is 0. The summed E-state index contributed by atoms with van der Waals surface area (Å²) < 4.78 is 5.26. The molecule has 122 valence electrons. The van der Waals surface area contributed by atoms with Gasteiger partial charge in [0.2, 0.25) is 0 Å². The molecule has 0 aliphatic heterocycles. The molecule has 0 N–H and O–H groups in total. The van der Waals surface area contributed by atoms with E-state index in [1.165, 1.54) is 6.39 Å². The van der Waals surface area contributed by atoms with E-state index in [2.05, 4.69) is 4.98 Å². The van der Waals surface area contributed by atoms with Crippen molar-refractivity contribution < 1.29 is 9.21 Å². The Morgan fingerprint density at radius 1 is 0.920 bits per heavy atom. The number of hydrogen-bond donors (Lipinski definition) is 0. The summed E-state index contributed by atoms with van der Waals surface area (Å²) in [6, 6.07) is 25.0. The number of hydrogen-bond acceptors (Lipinski definition) is 3. The van der Waals surface area contributed by atoms with Crippen LogP contribution >= 0.6 is 0 Å². The summed E-state index contributed by atoms with van der Waals surface area (Å²) in [6.45, 7) is 0.501. The van der Waals surface area contributed by atoms with Crippen LogP contribution in [0.25, 0.3) is 11.1 Å². The molecule has 1 amide bonds. The molecule has 1 heterocycles. The molecule has 0 bridgehead atoms. The van der Waals surface area contributed by atoms with Gasteiger partial charge in [0.25, 0.3) is 5.91 Å². The third kappa shape index (κ3) is 3.15. The van der Waals surface area contributed by atoms with E-state index in [0.717, 1.165) is 11.3 Å². The van der Waals surface area contributed by atoms with Crippen molar-refractivity contribution in [3.63, 3.8) is 0 Å². The van der Waals surface area contributed by atoms with E-state index in [9.17, 15) is 4.79 Å². The second-order valence-corrected chi connectivity index (χ2v) is 5.75. The maximum absolute atomic E-state index is 13.2. The Hall–Kier alpha value is -3.40. The van der Waals surface area contributed by atoms with Crippen LogP contribution in [-0.4, -0.2) is 10.9 Å². The molecular weight excluding hydrogens is 312 g/mol. The highest BCUT2D eigenvalue weighted by molar-refractivity contribution is 6.07. The molecule has 0 aliphatic carbocycles. The molecular formula is C21H16N2O2. The highest BCUT2D eigenvalue weighted by Crippen LogP contribution is 2.22. The van der Waals surface area contributed by atoms with E-state index >= 15 is 0 Å². The molecule has 0 unspecified atom stereocenters. The van der Waals surface area contributed by atoms with Crippen molar-refractivity contribution in [1.82, 2.24) is 4.98 Å². The van der Waals surface area contributed by atoms with E-state index < -0.39 is 0 Å². The predicted octanol–water partition coefficient (Wildman–Crippen LogP) is 4.67. The SMILES string of the molecule is O=C(c1ccc2ocnc2c1)N(Cc1ccccc1)c1ccccc1. The molecule has 0 saturated carbocycles. The monoisotopic (exact) mass is 328 g/mol. The van der Waals surface area contributed by atoms with Crippen molar-refractivity contribution in [3.8, 4) is 0 Å². The van der Waals surface area contributed by atoms with Crippen molar-refractivity contribution in [3.05, 3.63) is 96.4 Å². The van der Waals surface area contributed by atoms with Crippen LogP contribution in [0.1, 0.15) is 15.9 Å². The van der Waals surface area contributed by atoms with Crippen LogP contribution in [0, 0.1) is 0 Å². The van der Waals surface area contributed by atoms with Gasteiger partial charge in [-0.15, -0.1) is 0 Å². The molecule has 0 aliphatic rings. The molecule has 1 aromatic heterocycles.